The van der Waals surface area contributed by atoms with Gasteiger partial charge in [-0.1, -0.05) is 30.8 Å². The molecule has 120 valence electrons. The van der Waals surface area contributed by atoms with Crippen molar-refractivity contribution in [1.82, 2.24) is 15.5 Å². The van der Waals surface area contributed by atoms with E-state index in [1.54, 1.807) is 0 Å². The highest BCUT2D eigenvalue weighted by atomic mass is 16.2. The van der Waals surface area contributed by atoms with E-state index in [1.165, 1.54) is 5.56 Å². The number of rotatable bonds is 1. The van der Waals surface area contributed by atoms with Crippen molar-refractivity contribution in [2.45, 2.75) is 37.1 Å². The zero-order valence-corrected chi connectivity index (χ0v) is 13.1. The maximum absolute atomic E-state index is 13.0. The number of nitrogens with one attached hydrogen (secondary N) is 2. The second kappa shape index (κ2) is 5.11. The van der Waals surface area contributed by atoms with Crippen LogP contribution in [0.25, 0.3) is 0 Å². The van der Waals surface area contributed by atoms with Gasteiger partial charge in [0.1, 0.15) is 5.54 Å². The largest absolute Gasteiger partial charge is 0.356 e. The Hall–Kier alpha value is -2.30. The lowest BCUT2D eigenvalue weighted by Crippen LogP contribution is -2.49. The van der Waals surface area contributed by atoms with Crippen molar-refractivity contribution in [3.63, 3.8) is 0 Å². The van der Waals surface area contributed by atoms with Crippen LogP contribution >= 0.6 is 0 Å². The second-order valence-corrected chi connectivity index (χ2v) is 6.79. The molecule has 1 aromatic carbocycles. The number of amides is 2. The standard InChI is InChI=1S/C18H21N3O2/c1-12-19-17(23)18(20-12)9-10-21(11-18)16(22)15-8-4-6-13-5-2-3-7-14(13)15/h2-3,5,7,15,20H,1,4,6,8-11H2,(H,19,23). The SMILES string of the molecule is C=C1NC(=O)C2(CCN(C(=O)C3CCCc4ccccc43)C2)N1. The summed E-state index contributed by atoms with van der Waals surface area (Å²) < 4.78 is 0. The van der Waals surface area contributed by atoms with Crippen LogP contribution in [0.4, 0.5) is 0 Å². The predicted molar refractivity (Wildman–Crippen MR) is 86.5 cm³/mol. The number of fused-ring (bicyclic) bond motifs is 1. The molecular formula is C18H21N3O2. The van der Waals surface area contributed by atoms with E-state index in [9.17, 15) is 9.59 Å². The van der Waals surface area contributed by atoms with Crippen LogP contribution in [0, 0.1) is 0 Å². The minimum Gasteiger partial charge on any atom is -0.356 e. The molecule has 1 spiro atoms. The van der Waals surface area contributed by atoms with Crippen molar-refractivity contribution in [2.75, 3.05) is 13.1 Å². The van der Waals surface area contributed by atoms with Gasteiger partial charge in [-0.3, -0.25) is 9.59 Å². The van der Waals surface area contributed by atoms with Gasteiger partial charge in [-0.05, 0) is 36.8 Å². The van der Waals surface area contributed by atoms with Crippen molar-refractivity contribution in [1.29, 1.82) is 0 Å². The van der Waals surface area contributed by atoms with E-state index in [4.69, 9.17) is 0 Å². The number of benzene rings is 1. The minimum absolute atomic E-state index is 0.0669. The molecule has 5 nitrogen and oxygen atoms in total. The summed E-state index contributed by atoms with van der Waals surface area (Å²) in [5.74, 6) is 0.554. The molecule has 1 aliphatic carbocycles. The van der Waals surface area contributed by atoms with Gasteiger partial charge in [-0.25, -0.2) is 0 Å². The van der Waals surface area contributed by atoms with Gasteiger partial charge < -0.3 is 15.5 Å². The number of nitrogens with zero attached hydrogens (tertiary/aromatic N) is 1. The van der Waals surface area contributed by atoms with Crippen LogP contribution < -0.4 is 10.6 Å². The molecule has 0 aromatic heterocycles. The summed E-state index contributed by atoms with van der Waals surface area (Å²) in [4.78, 5) is 27.1. The first-order valence-electron chi connectivity index (χ1n) is 8.24. The lowest BCUT2D eigenvalue weighted by atomic mass is 9.82. The molecule has 2 amide bonds. The summed E-state index contributed by atoms with van der Waals surface area (Å²) in [5.41, 5.74) is 1.77. The van der Waals surface area contributed by atoms with E-state index >= 15 is 0 Å². The fraction of sp³-hybridized carbons (Fsp3) is 0.444. The highest BCUT2D eigenvalue weighted by Gasteiger charge is 2.50. The third kappa shape index (κ3) is 2.22. The van der Waals surface area contributed by atoms with Crippen molar-refractivity contribution in [3.8, 4) is 0 Å². The Kier molecular flexibility index (Phi) is 3.18. The third-order valence-electron chi connectivity index (χ3n) is 5.34. The Morgan fingerprint density at radius 1 is 1.35 bits per heavy atom. The fourth-order valence-corrected chi connectivity index (χ4v) is 4.15. The number of likely N-dealkylation sites (tertiary alicyclic amines) is 1. The van der Waals surface area contributed by atoms with E-state index in [0.29, 0.717) is 25.3 Å². The molecule has 1 aromatic rings. The zero-order chi connectivity index (χ0) is 16.0. The van der Waals surface area contributed by atoms with Gasteiger partial charge >= 0.3 is 0 Å². The molecule has 2 atom stereocenters. The first-order valence-corrected chi connectivity index (χ1v) is 8.24. The van der Waals surface area contributed by atoms with E-state index in [1.807, 2.05) is 17.0 Å². The number of hydrogen-bond donors (Lipinski definition) is 2. The maximum Gasteiger partial charge on any atom is 0.253 e. The first-order chi connectivity index (χ1) is 11.1. The highest BCUT2D eigenvalue weighted by molar-refractivity contribution is 5.93. The molecule has 2 unspecified atom stereocenters. The molecule has 0 saturated carbocycles. The zero-order valence-electron chi connectivity index (χ0n) is 13.1. The normalized spacial score (nSPS) is 29.4. The predicted octanol–water partition coefficient (Wildman–Crippen LogP) is 1.27. The first kappa shape index (κ1) is 14.3. The van der Waals surface area contributed by atoms with Gasteiger partial charge in [-0.15, -0.1) is 0 Å². The van der Waals surface area contributed by atoms with Crippen LogP contribution in [0.15, 0.2) is 36.7 Å². The van der Waals surface area contributed by atoms with Crippen molar-refractivity contribution in [2.24, 2.45) is 0 Å². The average molecular weight is 311 g/mol. The molecule has 0 bridgehead atoms. The Morgan fingerprint density at radius 2 is 2.17 bits per heavy atom. The second-order valence-electron chi connectivity index (χ2n) is 6.79. The Balaban J connectivity index is 1.55. The van der Waals surface area contributed by atoms with Crippen LogP contribution in [-0.2, 0) is 16.0 Å². The van der Waals surface area contributed by atoms with E-state index < -0.39 is 5.54 Å². The fourth-order valence-electron chi connectivity index (χ4n) is 4.15. The molecule has 3 aliphatic rings. The smallest absolute Gasteiger partial charge is 0.253 e. The van der Waals surface area contributed by atoms with Gasteiger partial charge in [0.15, 0.2) is 0 Å². The molecule has 5 heteroatoms. The van der Waals surface area contributed by atoms with E-state index in [-0.39, 0.29) is 17.7 Å². The summed E-state index contributed by atoms with van der Waals surface area (Å²) >= 11 is 0. The molecule has 0 radical (unpaired) electrons. The summed E-state index contributed by atoms with van der Waals surface area (Å²) in [6.45, 7) is 4.81. The van der Waals surface area contributed by atoms with E-state index in [2.05, 4.69) is 29.3 Å². The Labute approximate surface area is 135 Å². The van der Waals surface area contributed by atoms with Crippen molar-refractivity contribution in [3.05, 3.63) is 47.8 Å². The average Bonchev–Trinajstić information content (AvgIpc) is 3.10. The van der Waals surface area contributed by atoms with Crippen LogP contribution in [0.3, 0.4) is 0 Å². The van der Waals surface area contributed by atoms with Crippen LogP contribution in [0.2, 0.25) is 0 Å². The summed E-state index contributed by atoms with van der Waals surface area (Å²) in [5, 5.41) is 5.86. The molecule has 2 saturated heterocycles. The number of hydrogen-bond acceptors (Lipinski definition) is 3. The monoisotopic (exact) mass is 311 g/mol. The molecule has 2 heterocycles. The van der Waals surface area contributed by atoms with Gasteiger partial charge in [0.05, 0.1) is 18.3 Å². The molecule has 2 aliphatic heterocycles. The topological polar surface area (TPSA) is 61.4 Å². The van der Waals surface area contributed by atoms with Gasteiger partial charge in [0.25, 0.3) is 5.91 Å². The summed E-state index contributed by atoms with van der Waals surface area (Å²) in [6.07, 6.45) is 3.62. The summed E-state index contributed by atoms with van der Waals surface area (Å²) in [6, 6.07) is 8.24. The molecule has 2 N–H and O–H groups in total. The van der Waals surface area contributed by atoms with E-state index in [0.717, 1.165) is 24.8 Å². The number of aryl methyl sites for hydroxylation is 1. The Bertz CT molecular complexity index is 699. The van der Waals surface area contributed by atoms with Gasteiger partial charge in [0.2, 0.25) is 5.91 Å². The summed E-state index contributed by atoms with van der Waals surface area (Å²) in [7, 11) is 0. The number of carbonyl (C=O) groups excluding carboxylic acids is 2. The quantitative estimate of drug-likeness (QED) is 0.821. The third-order valence-corrected chi connectivity index (χ3v) is 5.34. The van der Waals surface area contributed by atoms with Crippen molar-refractivity contribution >= 4 is 11.8 Å². The minimum atomic E-state index is -0.680. The Morgan fingerprint density at radius 3 is 2.96 bits per heavy atom. The molecule has 2 fully saturated rings. The lowest BCUT2D eigenvalue weighted by molar-refractivity contribution is -0.132. The highest BCUT2D eigenvalue weighted by Crippen LogP contribution is 2.35. The number of carbonyl (C=O) groups is 2. The van der Waals surface area contributed by atoms with Crippen LogP contribution in [0.1, 0.15) is 36.3 Å². The van der Waals surface area contributed by atoms with Crippen LogP contribution in [-0.4, -0.2) is 35.3 Å². The molecular weight excluding hydrogens is 290 g/mol. The maximum atomic E-state index is 13.0. The van der Waals surface area contributed by atoms with Gasteiger partial charge in [0, 0.05) is 6.54 Å². The lowest BCUT2D eigenvalue weighted by Gasteiger charge is -2.29. The molecule has 23 heavy (non-hydrogen) atoms. The van der Waals surface area contributed by atoms with Gasteiger partial charge in [-0.2, -0.15) is 0 Å². The van der Waals surface area contributed by atoms with Crippen molar-refractivity contribution < 1.29 is 9.59 Å². The van der Waals surface area contributed by atoms with Crippen LogP contribution in [0.5, 0.6) is 0 Å². The molecule has 4 rings (SSSR count).